The van der Waals surface area contributed by atoms with E-state index < -0.39 is 0 Å². The van der Waals surface area contributed by atoms with Crippen LogP contribution in [0.4, 0.5) is 0 Å². The Bertz CT molecular complexity index is 775. The standard InChI is InChI=1S/C16H15N3O2/c1-10-6-7-20-14(10)15-18-16(21-19-15)13-8-11-4-2-3-5-12(11)9-17-13/h2-7,13,17H,8-9H2,1H3/t13-/m0/s1. The van der Waals surface area contributed by atoms with Gasteiger partial charge in [0.25, 0.3) is 0 Å². The van der Waals surface area contributed by atoms with Crippen LogP contribution in [0.25, 0.3) is 11.6 Å². The van der Waals surface area contributed by atoms with Crippen LogP contribution in [-0.2, 0) is 13.0 Å². The van der Waals surface area contributed by atoms with Crippen molar-refractivity contribution in [3.05, 3.63) is 59.2 Å². The van der Waals surface area contributed by atoms with Gasteiger partial charge >= 0.3 is 0 Å². The average molecular weight is 281 g/mol. The average Bonchev–Trinajstić information content (AvgIpc) is 3.15. The van der Waals surface area contributed by atoms with Crippen LogP contribution in [0, 0.1) is 6.92 Å². The van der Waals surface area contributed by atoms with E-state index in [1.807, 2.05) is 13.0 Å². The van der Waals surface area contributed by atoms with Crippen molar-refractivity contribution in [1.29, 1.82) is 0 Å². The first kappa shape index (κ1) is 12.3. The van der Waals surface area contributed by atoms with Gasteiger partial charge in [-0.05, 0) is 36.1 Å². The SMILES string of the molecule is Cc1ccoc1-c1noc([C@@H]2Cc3ccccc3CN2)n1. The Labute approximate surface area is 122 Å². The summed E-state index contributed by atoms with van der Waals surface area (Å²) in [6.07, 6.45) is 2.49. The van der Waals surface area contributed by atoms with E-state index in [0.29, 0.717) is 17.5 Å². The smallest absolute Gasteiger partial charge is 0.244 e. The second kappa shape index (κ2) is 4.86. The number of hydrogen-bond donors (Lipinski definition) is 1. The molecule has 1 aliphatic rings. The summed E-state index contributed by atoms with van der Waals surface area (Å²) in [6.45, 7) is 2.78. The van der Waals surface area contributed by atoms with Crippen molar-refractivity contribution in [3.8, 4) is 11.6 Å². The minimum absolute atomic E-state index is 0.0522. The Hall–Kier alpha value is -2.40. The summed E-state index contributed by atoms with van der Waals surface area (Å²) in [7, 11) is 0. The van der Waals surface area contributed by atoms with Crippen molar-refractivity contribution in [1.82, 2.24) is 15.5 Å². The number of hydrogen-bond acceptors (Lipinski definition) is 5. The van der Waals surface area contributed by atoms with Crippen LogP contribution in [0.15, 0.2) is 45.5 Å². The van der Waals surface area contributed by atoms with Gasteiger partial charge in [-0.1, -0.05) is 29.4 Å². The number of benzene rings is 1. The van der Waals surface area contributed by atoms with E-state index in [4.69, 9.17) is 8.94 Å². The lowest BCUT2D eigenvalue weighted by molar-refractivity contribution is 0.321. The molecule has 0 spiro atoms. The monoisotopic (exact) mass is 281 g/mol. The Morgan fingerprint density at radius 3 is 2.86 bits per heavy atom. The van der Waals surface area contributed by atoms with Crippen molar-refractivity contribution in [2.24, 2.45) is 0 Å². The maximum Gasteiger partial charge on any atom is 0.244 e. The number of nitrogens with one attached hydrogen (secondary N) is 1. The van der Waals surface area contributed by atoms with Crippen LogP contribution in [0.3, 0.4) is 0 Å². The molecule has 5 nitrogen and oxygen atoms in total. The maximum atomic E-state index is 5.41. The molecule has 0 bridgehead atoms. The van der Waals surface area contributed by atoms with E-state index in [9.17, 15) is 0 Å². The molecule has 0 amide bonds. The Morgan fingerprint density at radius 2 is 2.05 bits per heavy atom. The molecule has 3 aromatic rings. The molecule has 0 radical (unpaired) electrons. The first-order valence-electron chi connectivity index (χ1n) is 6.99. The molecule has 106 valence electrons. The molecular weight excluding hydrogens is 266 g/mol. The molecule has 21 heavy (non-hydrogen) atoms. The maximum absolute atomic E-state index is 5.41. The van der Waals surface area contributed by atoms with Gasteiger partial charge in [0.1, 0.15) is 0 Å². The van der Waals surface area contributed by atoms with Gasteiger partial charge in [-0.25, -0.2) is 0 Å². The van der Waals surface area contributed by atoms with Crippen molar-refractivity contribution < 1.29 is 8.94 Å². The van der Waals surface area contributed by atoms with Crippen molar-refractivity contribution in [3.63, 3.8) is 0 Å². The molecule has 0 saturated carbocycles. The lowest BCUT2D eigenvalue weighted by atomic mass is 9.96. The van der Waals surface area contributed by atoms with Crippen LogP contribution >= 0.6 is 0 Å². The molecule has 4 rings (SSSR count). The van der Waals surface area contributed by atoms with Crippen LogP contribution in [0.1, 0.15) is 28.6 Å². The summed E-state index contributed by atoms with van der Waals surface area (Å²) < 4.78 is 10.8. The number of rotatable bonds is 2. The van der Waals surface area contributed by atoms with E-state index in [2.05, 4.69) is 39.7 Å². The number of furan rings is 1. The van der Waals surface area contributed by atoms with Gasteiger partial charge in [0.05, 0.1) is 12.3 Å². The van der Waals surface area contributed by atoms with Crippen molar-refractivity contribution in [2.75, 3.05) is 0 Å². The van der Waals surface area contributed by atoms with Crippen LogP contribution < -0.4 is 5.32 Å². The highest BCUT2D eigenvalue weighted by Crippen LogP contribution is 2.27. The lowest BCUT2D eigenvalue weighted by Crippen LogP contribution is -2.28. The molecule has 3 heterocycles. The fourth-order valence-electron chi connectivity index (χ4n) is 2.70. The predicted molar refractivity (Wildman–Crippen MR) is 76.5 cm³/mol. The van der Waals surface area contributed by atoms with E-state index in [0.717, 1.165) is 18.5 Å². The third-order valence-corrected chi connectivity index (χ3v) is 3.89. The van der Waals surface area contributed by atoms with E-state index in [1.165, 1.54) is 11.1 Å². The fourth-order valence-corrected chi connectivity index (χ4v) is 2.70. The second-order valence-electron chi connectivity index (χ2n) is 5.30. The Balaban J connectivity index is 1.61. The molecule has 0 unspecified atom stereocenters. The van der Waals surface area contributed by atoms with E-state index in [-0.39, 0.29) is 6.04 Å². The van der Waals surface area contributed by atoms with Crippen LogP contribution in [0.2, 0.25) is 0 Å². The predicted octanol–water partition coefficient (Wildman–Crippen LogP) is 3.03. The summed E-state index contributed by atoms with van der Waals surface area (Å²) in [5.41, 5.74) is 3.66. The first-order chi connectivity index (χ1) is 10.3. The Kier molecular flexibility index (Phi) is 2.86. The van der Waals surface area contributed by atoms with Crippen LogP contribution in [-0.4, -0.2) is 10.1 Å². The molecule has 0 aliphatic carbocycles. The highest BCUT2D eigenvalue weighted by molar-refractivity contribution is 5.51. The fraction of sp³-hybridized carbons (Fsp3) is 0.250. The van der Waals surface area contributed by atoms with E-state index in [1.54, 1.807) is 6.26 Å². The van der Waals surface area contributed by atoms with Crippen molar-refractivity contribution in [2.45, 2.75) is 25.9 Å². The number of fused-ring (bicyclic) bond motifs is 1. The highest BCUT2D eigenvalue weighted by Gasteiger charge is 2.25. The molecule has 1 aliphatic heterocycles. The number of aromatic nitrogens is 2. The highest BCUT2D eigenvalue weighted by atomic mass is 16.5. The van der Waals surface area contributed by atoms with Gasteiger partial charge in [-0.2, -0.15) is 4.98 Å². The van der Waals surface area contributed by atoms with Gasteiger partial charge < -0.3 is 14.3 Å². The third-order valence-electron chi connectivity index (χ3n) is 3.89. The quantitative estimate of drug-likeness (QED) is 0.782. The first-order valence-corrected chi connectivity index (χ1v) is 6.99. The molecule has 0 fully saturated rings. The zero-order valence-electron chi connectivity index (χ0n) is 11.7. The summed E-state index contributed by atoms with van der Waals surface area (Å²) in [6, 6.07) is 10.4. The number of nitrogens with zero attached hydrogens (tertiary/aromatic N) is 2. The zero-order chi connectivity index (χ0) is 14.2. The van der Waals surface area contributed by atoms with Crippen molar-refractivity contribution >= 4 is 0 Å². The molecule has 0 saturated heterocycles. The lowest BCUT2D eigenvalue weighted by Gasteiger charge is -2.23. The zero-order valence-corrected chi connectivity index (χ0v) is 11.7. The molecular formula is C16H15N3O2. The van der Waals surface area contributed by atoms with Gasteiger partial charge in [0, 0.05) is 6.54 Å². The summed E-state index contributed by atoms with van der Waals surface area (Å²) in [5, 5.41) is 7.47. The van der Waals surface area contributed by atoms with E-state index >= 15 is 0 Å². The minimum atomic E-state index is 0.0522. The topological polar surface area (TPSA) is 64.1 Å². The molecule has 1 N–H and O–H groups in total. The summed E-state index contributed by atoms with van der Waals surface area (Å²) in [5.74, 6) is 1.78. The van der Waals surface area contributed by atoms with Gasteiger partial charge in [0.15, 0.2) is 5.76 Å². The largest absolute Gasteiger partial charge is 0.461 e. The van der Waals surface area contributed by atoms with Gasteiger partial charge in [-0.15, -0.1) is 0 Å². The summed E-state index contributed by atoms with van der Waals surface area (Å²) >= 11 is 0. The molecule has 1 aromatic carbocycles. The molecule has 5 heteroatoms. The van der Waals surface area contributed by atoms with Gasteiger partial charge in [-0.3, -0.25) is 0 Å². The van der Waals surface area contributed by atoms with Gasteiger partial charge in [0.2, 0.25) is 11.7 Å². The third kappa shape index (κ3) is 2.15. The second-order valence-corrected chi connectivity index (χ2v) is 5.30. The molecule has 1 atom stereocenters. The number of aryl methyl sites for hydroxylation is 1. The minimum Gasteiger partial charge on any atom is -0.461 e. The molecule has 2 aromatic heterocycles. The van der Waals surface area contributed by atoms with Crippen LogP contribution in [0.5, 0.6) is 0 Å². The normalized spacial score (nSPS) is 17.7. The Morgan fingerprint density at radius 1 is 1.19 bits per heavy atom. The summed E-state index contributed by atoms with van der Waals surface area (Å²) in [4.78, 5) is 4.48.